The van der Waals surface area contributed by atoms with Crippen molar-refractivity contribution in [1.82, 2.24) is 15.0 Å². The van der Waals surface area contributed by atoms with Crippen LogP contribution in [0.4, 0.5) is 0 Å². The fourth-order valence-corrected chi connectivity index (χ4v) is 2.59. The van der Waals surface area contributed by atoms with Crippen molar-refractivity contribution in [3.8, 4) is 23.4 Å². The van der Waals surface area contributed by atoms with E-state index >= 15 is 0 Å². The largest absolute Gasteiger partial charge is 0.478 e. The molecule has 0 atom stereocenters. The Hall–Kier alpha value is -3.74. The average Bonchev–Trinajstić information content (AvgIpc) is 2.63. The number of rotatable bonds is 6. The van der Waals surface area contributed by atoms with Crippen molar-refractivity contribution >= 4 is 11.5 Å². The minimum Gasteiger partial charge on any atom is -0.478 e. The van der Waals surface area contributed by atoms with E-state index in [9.17, 15) is 9.90 Å². The van der Waals surface area contributed by atoms with Gasteiger partial charge >= 0.3 is 5.97 Å². The van der Waals surface area contributed by atoms with Crippen LogP contribution in [0.5, 0.6) is 23.4 Å². The summed E-state index contributed by atoms with van der Waals surface area (Å²) in [7, 11) is 0. The predicted molar refractivity (Wildman–Crippen MR) is 103 cm³/mol. The number of carboxylic acids is 1. The third-order valence-corrected chi connectivity index (χ3v) is 3.77. The van der Waals surface area contributed by atoms with Gasteiger partial charge in [0.2, 0.25) is 17.6 Å². The molecule has 2 heterocycles. The number of aryl methyl sites for hydroxylation is 1. The SMILES string of the molecule is CC(C)=C(C(=O)O)c1ccccc1Oc1cc(Oc2cccc(C)n2)ncn1. The number of allylic oxidation sites excluding steroid dienone is 1. The molecule has 0 amide bonds. The van der Waals surface area contributed by atoms with E-state index in [-0.39, 0.29) is 17.3 Å². The number of ether oxygens (including phenoxy) is 2. The van der Waals surface area contributed by atoms with Crippen LogP contribution in [-0.2, 0) is 4.79 Å². The Kier molecular flexibility index (Phi) is 5.64. The summed E-state index contributed by atoms with van der Waals surface area (Å²) in [5, 5.41) is 9.55. The fourth-order valence-electron chi connectivity index (χ4n) is 2.59. The van der Waals surface area contributed by atoms with Gasteiger partial charge in [0.15, 0.2) is 0 Å². The Morgan fingerprint density at radius 3 is 2.32 bits per heavy atom. The van der Waals surface area contributed by atoms with Crippen molar-refractivity contribution in [1.29, 1.82) is 0 Å². The molecule has 1 N–H and O–H groups in total. The number of nitrogens with zero attached hydrogens (tertiary/aromatic N) is 3. The molecule has 0 fully saturated rings. The Labute approximate surface area is 162 Å². The average molecular weight is 377 g/mol. The summed E-state index contributed by atoms with van der Waals surface area (Å²) in [6.45, 7) is 5.35. The maximum absolute atomic E-state index is 11.7. The van der Waals surface area contributed by atoms with E-state index in [0.717, 1.165) is 5.69 Å². The van der Waals surface area contributed by atoms with Crippen molar-refractivity contribution in [3.05, 3.63) is 71.7 Å². The summed E-state index contributed by atoms with van der Waals surface area (Å²) in [4.78, 5) is 24.1. The number of aliphatic carboxylic acids is 1. The molecule has 0 radical (unpaired) electrons. The van der Waals surface area contributed by atoms with Crippen molar-refractivity contribution in [3.63, 3.8) is 0 Å². The van der Waals surface area contributed by atoms with E-state index in [1.165, 1.54) is 12.4 Å². The van der Waals surface area contributed by atoms with Gasteiger partial charge < -0.3 is 14.6 Å². The van der Waals surface area contributed by atoms with Crippen LogP contribution >= 0.6 is 0 Å². The third-order valence-electron chi connectivity index (χ3n) is 3.77. The molecule has 0 aliphatic rings. The molecular weight excluding hydrogens is 358 g/mol. The van der Waals surface area contributed by atoms with Crippen LogP contribution in [0.25, 0.3) is 5.57 Å². The highest BCUT2D eigenvalue weighted by molar-refractivity contribution is 6.17. The van der Waals surface area contributed by atoms with Gasteiger partial charge in [-0.25, -0.2) is 19.7 Å². The zero-order chi connectivity index (χ0) is 20.1. The first-order valence-electron chi connectivity index (χ1n) is 8.55. The lowest BCUT2D eigenvalue weighted by Crippen LogP contribution is -2.04. The van der Waals surface area contributed by atoms with E-state index in [4.69, 9.17) is 9.47 Å². The van der Waals surface area contributed by atoms with E-state index < -0.39 is 5.97 Å². The lowest BCUT2D eigenvalue weighted by atomic mass is 10.0. The molecule has 0 spiro atoms. The molecule has 3 rings (SSSR count). The highest BCUT2D eigenvalue weighted by Crippen LogP contribution is 2.32. The lowest BCUT2D eigenvalue weighted by Gasteiger charge is -2.12. The lowest BCUT2D eigenvalue weighted by molar-refractivity contribution is -0.130. The summed E-state index contributed by atoms with van der Waals surface area (Å²) in [5.74, 6) is 0.250. The van der Waals surface area contributed by atoms with Crippen LogP contribution in [0.15, 0.2) is 60.4 Å². The molecule has 3 aromatic rings. The summed E-state index contributed by atoms with van der Waals surface area (Å²) in [6, 6.07) is 13.8. The van der Waals surface area contributed by atoms with E-state index in [1.807, 2.05) is 19.1 Å². The van der Waals surface area contributed by atoms with Crippen molar-refractivity contribution in [2.75, 3.05) is 0 Å². The number of hydrogen-bond acceptors (Lipinski definition) is 6. The number of aromatic nitrogens is 3. The third kappa shape index (κ3) is 4.50. The molecule has 142 valence electrons. The molecule has 7 nitrogen and oxygen atoms in total. The molecular formula is C21H19N3O4. The molecule has 28 heavy (non-hydrogen) atoms. The van der Waals surface area contributed by atoms with Crippen LogP contribution in [0, 0.1) is 6.92 Å². The summed E-state index contributed by atoms with van der Waals surface area (Å²) in [5.41, 5.74) is 2.14. The zero-order valence-electron chi connectivity index (χ0n) is 15.7. The van der Waals surface area contributed by atoms with Crippen LogP contribution in [0.3, 0.4) is 0 Å². The number of carboxylic acid groups (broad SMARTS) is 1. The molecule has 0 bridgehead atoms. The molecule has 0 unspecified atom stereocenters. The second-order valence-corrected chi connectivity index (χ2v) is 6.19. The molecule has 7 heteroatoms. The molecule has 0 saturated carbocycles. The van der Waals surface area contributed by atoms with Gasteiger partial charge in [-0.1, -0.05) is 29.8 Å². The number of pyridine rings is 1. The van der Waals surface area contributed by atoms with Gasteiger partial charge in [-0.05, 0) is 32.9 Å². The van der Waals surface area contributed by atoms with Gasteiger partial charge in [0.25, 0.3) is 0 Å². The first-order valence-corrected chi connectivity index (χ1v) is 8.55. The first kappa shape index (κ1) is 19.0. The minimum absolute atomic E-state index is 0.185. The van der Waals surface area contributed by atoms with E-state index in [2.05, 4.69) is 15.0 Å². The number of para-hydroxylation sites is 1. The number of hydrogen-bond donors (Lipinski definition) is 1. The highest BCUT2D eigenvalue weighted by atomic mass is 16.5. The van der Waals surface area contributed by atoms with Crippen molar-refractivity contribution in [2.24, 2.45) is 0 Å². The maximum Gasteiger partial charge on any atom is 0.336 e. The van der Waals surface area contributed by atoms with Crippen molar-refractivity contribution < 1.29 is 19.4 Å². The standard InChI is InChI=1S/C21H19N3O4/c1-13(2)20(21(25)26)15-8-4-5-9-16(15)27-18-11-19(23-12-22-18)28-17-10-6-7-14(3)24-17/h4-12H,1-3H3,(H,25,26). The van der Waals surface area contributed by atoms with Gasteiger partial charge in [-0.2, -0.15) is 0 Å². The van der Waals surface area contributed by atoms with Crippen LogP contribution in [0.2, 0.25) is 0 Å². The van der Waals surface area contributed by atoms with Crippen LogP contribution in [0.1, 0.15) is 25.1 Å². The summed E-state index contributed by atoms with van der Waals surface area (Å²) in [6.07, 6.45) is 1.31. The van der Waals surface area contributed by atoms with E-state index in [0.29, 0.717) is 22.8 Å². The molecule has 0 aliphatic heterocycles. The molecule has 1 aromatic carbocycles. The van der Waals surface area contributed by atoms with E-state index in [1.54, 1.807) is 44.2 Å². The monoisotopic (exact) mass is 377 g/mol. The van der Waals surface area contributed by atoms with Gasteiger partial charge in [-0.3, -0.25) is 0 Å². The van der Waals surface area contributed by atoms with Gasteiger partial charge in [0.05, 0.1) is 11.6 Å². The first-order chi connectivity index (χ1) is 13.4. The van der Waals surface area contributed by atoms with Gasteiger partial charge in [0, 0.05) is 17.3 Å². The zero-order valence-corrected chi connectivity index (χ0v) is 15.7. The smallest absolute Gasteiger partial charge is 0.336 e. The second kappa shape index (κ2) is 8.30. The Morgan fingerprint density at radius 1 is 0.929 bits per heavy atom. The maximum atomic E-state index is 11.7. The summed E-state index contributed by atoms with van der Waals surface area (Å²) < 4.78 is 11.5. The molecule has 0 aliphatic carbocycles. The van der Waals surface area contributed by atoms with Gasteiger partial charge in [-0.15, -0.1) is 0 Å². The second-order valence-electron chi connectivity index (χ2n) is 6.19. The van der Waals surface area contributed by atoms with Crippen LogP contribution < -0.4 is 9.47 Å². The Balaban J connectivity index is 1.89. The molecule has 0 saturated heterocycles. The fraction of sp³-hybridized carbons (Fsp3) is 0.143. The predicted octanol–water partition coefficient (Wildman–Crippen LogP) is 4.64. The summed E-state index contributed by atoms with van der Waals surface area (Å²) >= 11 is 0. The number of carbonyl (C=O) groups is 1. The van der Waals surface area contributed by atoms with Gasteiger partial charge in [0.1, 0.15) is 12.1 Å². The minimum atomic E-state index is -1.02. The molecule has 2 aromatic heterocycles. The van der Waals surface area contributed by atoms with Crippen LogP contribution in [-0.4, -0.2) is 26.0 Å². The quantitative estimate of drug-likeness (QED) is 0.625. The normalized spacial score (nSPS) is 10.2. The number of benzene rings is 1. The highest BCUT2D eigenvalue weighted by Gasteiger charge is 2.17. The Bertz CT molecular complexity index is 1040. The topological polar surface area (TPSA) is 94.4 Å². The Morgan fingerprint density at radius 2 is 1.64 bits per heavy atom. The van der Waals surface area contributed by atoms with Crippen molar-refractivity contribution in [2.45, 2.75) is 20.8 Å².